The Kier molecular flexibility index (Phi) is 3.71. The van der Waals surface area contributed by atoms with Crippen LogP contribution in [0.15, 0.2) is 23.0 Å². The summed E-state index contributed by atoms with van der Waals surface area (Å²) in [6, 6.07) is 6.08. The van der Waals surface area contributed by atoms with E-state index in [-0.39, 0.29) is 4.87 Å². The van der Waals surface area contributed by atoms with Crippen LogP contribution in [0.4, 0.5) is 4.79 Å². The molecule has 3 rings (SSSR count). The lowest BCUT2D eigenvalue weighted by molar-refractivity contribution is 0.122. The third kappa shape index (κ3) is 2.81. The Labute approximate surface area is 126 Å². The van der Waals surface area contributed by atoms with Gasteiger partial charge >= 0.3 is 11.0 Å². The molecule has 0 radical (unpaired) electrons. The zero-order chi connectivity index (χ0) is 15.0. The van der Waals surface area contributed by atoms with Gasteiger partial charge in [0.25, 0.3) is 0 Å². The van der Waals surface area contributed by atoms with Crippen LogP contribution in [-0.2, 0) is 6.54 Å². The van der Waals surface area contributed by atoms with Crippen molar-refractivity contribution in [2.75, 3.05) is 13.1 Å². The summed E-state index contributed by atoms with van der Waals surface area (Å²) in [6.45, 7) is 3.84. The normalized spacial score (nSPS) is 16.5. The molecule has 112 valence electrons. The van der Waals surface area contributed by atoms with Crippen molar-refractivity contribution in [1.82, 2.24) is 9.47 Å². The summed E-state index contributed by atoms with van der Waals surface area (Å²) >= 11 is 1.29. The number of benzene rings is 1. The van der Waals surface area contributed by atoms with E-state index >= 15 is 0 Å². The lowest BCUT2D eigenvalue weighted by Crippen LogP contribution is -2.38. The molecule has 6 heteroatoms. The number of hydrogen-bond acceptors (Lipinski definition) is 3. The van der Waals surface area contributed by atoms with Crippen molar-refractivity contribution in [1.29, 1.82) is 0 Å². The Bertz CT molecular complexity index is 726. The highest BCUT2D eigenvalue weighted by molar-refractivity contribution is 7.16. The van der Waals surface area contributed by atoms with Crippen molar-refractivity contribution in [2.24, 2.45) is 5.92 Å². The number of rotatable bonds is 2. The zero-order valence-electron chi connectivity index (χ0n) is 11.9. The van der Waals surface area contributed by atoms with Gasteiger partial charge in [-0.3, -0.25) is 9.36 Å². The van der Waals surface area contributed by atoms with E-state index in [0.717, 1.165) is 28.6 Å². The molecule has 0 atom stereocenters. The summed E-state index contributed by atoms with van der Waals surface area (Å²) in [4.78, 5) is 24.6. The smallest absolute Gasteiger partial charge is 0.407 e. The topological polar surface area (TPSA) is 62.5 Å². The van der Waals surface area contributed by atoms with Crippen LogP contribution in [0.3, 0.4) is 0 Å². The monoisotopic (exact) mass is 306 g/mol. The first-order valence-electron chi connectivity index (χ1n) is 7.12. The Morgan fingerprint density at radius 2 is 2.10 bits per heavy atom. The zero-order valence-corrected chi connectivity index (χ0v) is 12.7. The van der Waals surface area contributed by atoms with Gasteiger partial charge in [0.2, 0.25) is 0 Å². The Hall–Kier alpha value is -1.82. The molecule has 1 aliphatic heterocycles. The number of piperidine rings is 1. The van der Waals surface area contributed by atoms with E-state index in [1.54, 1.807) is 0 Å². The van der Waals surface area contributed by atoms with Crippen LogP contribution in [-0.4, -0.2) is 33.8 Å². The lowest BCUT2D eigenvalue weighted by atomic mass is 9.97. The number of aromatic nitrogens is 1. The Morgan fingerprint density at radius 3 is 2.76 bits per heavy atom. The van der Waals surface area contributed by atoms with Crippen LogP contribution >= 0.6 is 11.3 Å². The standard InChI is InChI=1S/C15H18N2O3S/c1-10-2-3-12-13(8-10)21-15(20)17(12)9-11-4-6-16(7-5-11)14(18)19/h2-3,8,11H,4-7,9H2,1H3,(H,18,19). The largest absolute Gasteiger partial charge is 0.465 e. The van der Waals surface area contributed by atoms with Gasteiger partial charge in [0.05, 0.1) is 10.2 Å². The molecule has 0 saturated carbocycles. The molecule has 0 spiro atoms. The first kappa shape index (κ1) is 14.1. The number of amides is 1. The van der Waals surface area contributed by atoms with Gasteiger partial charge in [-0.25, -0.2) is 4.79 Å². The Morgan fingerprint density at radius 1 is 1.38 bits per heavy atom. The molecule has 21 heavy (non-hydrogen) atoms. The lowest BCUT2D eigenvalue weighted by Gasteiger charge is -2.30. The molecule has 0 unspecified atom stereocenters. The average Bonchev–Trinajstić information content (AvgIpc) is 2.75. The molecule has 1 N–H and O–H groups in total. The maximum Gasteiger partial charge on any atom is 0.407 e. The summed E-state index contributed by atoms with van der Waals surface area (Å²) in [5.74, 6) is 0.373. The predicted molar refractivity (Wildman–Crippen MR) is 83.1 cm³/mol. The molecule has 2 heterocycles. The van der Waals surface area contributed by atoms with Gasteiger partial charge in [0, 0.05) is 19.6 Å². The van der Waals surface area contributed by atoms with E-state index in [1.165, 1.54) is 16.2 Å². The van der Waals surface area contributed by atoms with Crippen LogP contribution in [0.5, 0.6) is 0 Å². The Balaban J connectivity index is 1.78. The second kappa shape index (κ2) is 5.52. The number of thiazole rings is 1. The molecule has 1 fully saturated rings. The molecule has 1 amide bonds. The number of fused-ring (bicyclic) bond motifs is 1. The van der Waals surface area contributed by atoms with Crippen LogP contribution in [0.25, 0.3) is 10.2 Å². The van der Waals surface area contributed by atoms with E-state index < -0.39 is 6.09 Å². The van der Waals surface area contributed by atoms with Gasteiger partial charge in [-0.2, -0.15) is 0 Å². The molecular weight excluding hydrogens is 288 g/mol. The minimum atomic E-state index is -0.845. The minimum absolute atomic E-state index is 0.0799. The third-order valence-corrected chi connectivity index (χ3v) is 5.09. The fraction of sp³-hybridized carbons (Fsp3) is 0.467. The number of carboxylic acid groups (broad SMARTS) is 1. The molecule has 2 aromatic rings. The maximum atomic E-state index is 12.2. The van der Waals surface area contributed by atoms with Crippen LogP contribution in [0.1, 0.15) is 18.4 Å². The predicted octanol–water partition coefficient (Wildman–Crippen LogP) is 2.76. The first-order valence-corrected chi connectivity index (χ1v) is 7.94. The molecular formula is C15H18N2O3S. The van der Waals surface area contributed by atoms with Crippen LogP contribution in [0, 0.1) is 12.8 Å². The minimum Gasteiger partial charge on any atom is -0.465 e. The number of likely N-dealkylation sites (tertiary alicyclic amines) is 1. The summed E-state index contributed by atoms with van der Waals surface area (Å²) in [5, 5.41) is 8.97. The fourth-order valence-electron chi connectivity index (χ4n) is 2.91. The maximum absolute atomic E-state index is 12.2. The summed E-state index contributed by atoms with van der Waals surface area (Å²) < 4.78 is 2.88. The van der Waals surface area contributed by atoms with Crippen molar-refractivity contribution < 1.29 is 9.90 Å². The van der Waals surface area contributed by atoms with Gasteiger partial charge in [0.15, 0.2) is 0 Å². The van der Waals surface area contributed by atoms with Gasteiger partial charge in [-0.1, -0.05) is 17.4 Å². The SMILES string of the molecule is Cc1ccc2c(c1)sc(=O)n2CC1CCN(C(=O)O)CC1. The third-order valence-electron chi connectivity index (χ3n) is 4.15. The van der Waals surface area contributed by atoms with Crippen molar-refractivity contribution in [3.05, 3.63) is 33.4 Å². The van der Waals surface area contributed by atoms with Gasteiger partial charge in [-0.15, -0.1) is 0 Å². The van der Waals surface area contributed by atoms with E-state index in [0.29, 0.717) is 25.6 Å². The number of carbonyl (C=O) groups is 1. The van der Waals surface area contributed by atoms with Crippen molar-refractivity contribution in [3.8, 4) is 0 Å². The van der Waals surface area contributed by atoms with Crippen LogP contribution in [0.2, 0.25) is 0 Å². The highest BCUT2D eigenvalue weighted by atomic mass is 32.1. The van der Waals surface area contributed by atoms with E-state index in [2.05, 4.69) is 0 Å². The molecule has 1 aromatic heterocycles. The van der Waals surface area contributed by atoms with Gasteiger partial charge in [-0.05, 0) is 43.4 Å². The van der Waals surface area contributed by atoms with Gasteiger partial charge in [0.1, 0.15) is 0 Å². The van der Waals surface area contributed by atoms with E-state index in [9.17, 15) is 9.59 Å². The second-order valence-corrected chi connectivity index (χ2v) is 6.66. The first-order chi connectivity index (χ1) is 10.0. The molecule has 1 saturated heterocycles. The second-order valence-electron chi connectivity index (χ2n) is 5.66. The van der Waals surface area contributed by atoms with Crippen molar-refractivity contribution in [2.45, 2.75) is 26.3 Å². The summed E-state index contributed by atoms with van der Waals surface area (Å²) in [6.07, 6.45) is 0.797. The summed E-state index contributed by atoms with van der Waals surface area (Å²) in [7, 11) is 0. The van der Waals surface area contributed by atoms with Gasteiger partial charge < -0.3 is 10.0 Å². The molecule has 5 nitrogen and oxygen atoms in total. The molecule has 0 bridgehead atoms. The van der Waals surface area contributed by atoms with E-state index in [4.69, 9.17) is 5.11 Å². The summed E-state index contributed by atoms with van der Waals surface area (Å²) in [5.41, 5.74) is 2.15. The number of nitrogens with zero attached hydrogens (tertiary/aromatic N) is 2. The number of hydrogen-bond donors (Lipinski definition) is 1. The molecule has 0 aliphatic carbocycles. The molecule has 1 aliphatic rings. The van der Waals surface area contributed by atoms with E-state index in [1.807, 2.05) is 29.7 Å². The fourth-order valence-corrected chi connectivity index (χ4v) is 3.91. The van der Waals surface area contributed by atoms with Crippen molar-refractivity contribution in [3.63, 3.8) is 0 Å². The quantitative estimate of drug-likeness (QED) is 0.928. The number of aryl methyl sites for hydroxylation is 1. The highest BCUT2D eigenvalue weighted by Gasteiger charge is 2.23. The van der Waals surface area contributed by atoms with Crippen molar-refractivity contribution >= 4 is 27.6 Å². The highest BCUT2D eigenvalue weighted by Crippen LogP contribution is 2.23. The van der Waals surface area contributed by atoms with Crippen LogP contribution < -0.4 is 4.87 Å². The molecule has 1 aromatic carbocycles. The average molecular weight is 306 g/mol.